The number of thioether (sulfide) groups is 1. The molecule has 1 N–H and O–H groups in total. The van der Waals surface area contributed by atoms with E-state index in [2.05, 4.69) is 4.98 Å². The predicted octanol–water partition coefficient (Wildman–Crippen LogP) is 1.35. The van der Waals surface area contributed by atoms with E-state index in [9.17, 15) is 4.79 Å². The summed E-state index contributed by atoms with van der Waals surface area (Å²) in [7, 11) is 1.81. The van der Waals surface area contributed by atoms with Crippen molar-refractivity contribution < 1.29 is 14.6 Å². The van der Waals surface area contributed by atoms with Crippen molar-refractivity contribution in [3.05, 3.63) is 11.9 Å². The molecule has 1 aromatic rings. The lowest BCUT2D eigenvalue weighted by Crippen LogP contribution is -2.09. The van der Waals surface area contributed by atoms with Gasteiger partial charge in [0.05, 0.1) is 30.9 Å². The Hall–Kier alpha value is -1.01. The summed E-state index contributed by atoms with van der Waals surface area (Å²) in [6, 6.07) is 0. The number of aliphatic hydroxyl groups is 1. The molecule has 0 aromatic carbocycles. The molecule has 0 unspecified atom stereocenters. The van der Waals surface area contributed by atoms with E-state index in [1.807, 2.05) is 14.0 Å². The summed E-state index contributed by atoms with van der Waals surface area (Å²) in [5, 5.41) is 9.70. The summed E-state index contributed by atoms with van der Waals surface area (Å²) in [6.07, 6.45) is 3.51. The van der Waals surface area contributed by atoms with E-state index < -0.39 is 0 Å². The maximum absolute atomic E-state index is 11.3. The zero-order valence-corrected chi connectivity index (χ0v) is 11.0. The lowest BCUT2D eigenvalue weighted by molar-refractivity contribution is -0.140. The molecule has 0 spiro atoms. The van der Waals surface area contributed by atoms with Crippen LogP contribution in [0.1, 0.15) is 25.5 Å². The molecule has 1 aromatic heterocycles. The molecule has 1 rings (SSSR count). The van der Waals surface area contributed by atoms with Crippen LogP contribution in [0, 0.1) is 0 Å². The Balaban J connectivity index is 2.34. The van der Waals surface area contributed by atoms with Gasteiger partial charge in [-0.05, 0) is 6.42 Å². The van der Waals surface area contributed by atoms with Gasteiger partial charge in [-0.2, -0.15) is 0 Å². The average molecular weight is 258 g/mol. The molecular formula is C11H18N2O3S. The summed E-state index contributed by atoms with van der Waals surface area (Å²) in [5.41, 5.74) is 0.729. The van der Waals surface area contributed by atoms with Gasteiger partial charge in [-0.3, -0.25) is 4.79 Å². The Bertz CT molecular complexity index is 366. The minimum absolute atomic E-state index is 0.0506. The normalized spacial score (nSPS) is 10.5. The van der Waals surface area contributed by atoms with Crippen molar-refractivity contribution in [2.45, 2.75) is 31.5 Å². The topological polar surface area (TPSA) is 64.3 Å². The lowest BCUT2D eigenvalue weighted by Gasteiger charge is -2.04. The highest BCUT2D eigenvalue weighted by Crippen LogP contribution is 2.17. The van der Waals surface area contributed by atoms with Gasteiger partial charge in [0, 0.05) is 7.05 Å². The van der Waals surface area contributed by atoms with Crippen molar-refractivity contribution in [1.82, 2.24) is 9.55 Å². The fourth-order valence-corrected chi connectivity index (χ4v) is 1.97. The van der Waals surface area contributed by atoms with Gasteiger partial charge in [0.2, 0.25) is 0 Å². The van der Waals surface area contributed by atoms with Gasteiger partial charge in [-0.25, -0.2) is 4.98 Å². The molecule has 0 saturated heterocycles. The van der Waals surface area contributed by atoms with Gasteiger partial charge < -0.3 is 14.4 Å². The molecular weight excluding hydrogens is 240 g/mol. The van der Waals surface area contributed by atoms with Crippen molar-refractivity contribution in [3.8, 4) is 0 Å². The number of aromatic nitrogens is 2. The van der Waals surface area contributed by atoms with Crippen LogP contribution >= 0.6 is 11.8 Å². The van der Waals surface area contributed by atoms with Crippen molar-refractivity contribution >= 4 is 17.7 Å². The zero-order chi connectivity index (χ0) is 12.7. The molecule has 17 heavy (non-hydrogen) atoms. The van der Waals surface area contributed by atoms with Crippen molar-refractivity contribution in [2.24, 2.45) is 7.05 Å². The highest BCUT2D eigenvalue weighted by Gasteiger charge is 2.09. The maximum Gasteiger partial charge on any atom is 0.316 e. The Morgan fingerprint density at radius 1 is 1.65 bits per heavy atom. The second-order valence-electron chi connectivity index (χ2n) is 3.61. The van der Waals surface area contributed by atoms with E-state index in [1.54, 1.807) is 10.8 Å². The highest BCUT2D eigenvalue weighted by atomic mass is 32.2. The largest absolute Gasteiger partial charge is 0.465 e. The average Bonchev–Trinajstić information content (AvgIpc) is 2.68. The van der Waals surface area contributed by atoms with Gasteiger partial charge in [-0.15, -0.1) is 0 Å². The fraction of sp³-hybridized carbons (Fsp3) is 0.636. The fourth-order valence-electron chi connectivity index (χ4n) is 1.20. The molecule has 1 heterocycles. The molecule has 0 aliphatic carbocycles. The number of aliphatic hydroxyl groups excluding tert-OH is 1. The van der Waals surface area contributed by atoms with Crippen molar-refractivity contribution in [2.75, 3.05) is 12.4 Å². The summed E-state index contributed by atoms with van der Waals surface area (Å²) in [5.74, 6) is 0.0244. The third-order valence-electron chi connectivity index (χ3n) is 2.28. The first-order chi connectivity index (χ1) is 8.19. The van der Waals surface area contributed by atoms with Gasteiger partial charge in [0.1, 0.15) is 0 Å². The SMILES string of the molecule is CCCCOC(=O)CSc1ncc(CO)n1C. The quantitative estimate of drug-likeness (QED) is 0.454. The van der Waals surface area contributed by atoms with Crippen LogP contribution in [0.3, 0.4) is 0 Å². The number of hydrogen-bond donors (Lipinski definition) is 1. The minimum atomic E-state index is -0.225. The summed E-state index contributed by atoms with van der Waals surface area (Å²) < 4.78 is 6.80. The molecule has 0 atom stereocenters. The van der Waals surface area contributed by atoms with Crippen LogP contribution in [0.15, 0.2) is 11.4 Å². The van der Waals surface area contributed by atoms with Gasteiger partial charge >= 0.3 is 5.97 Å². The summed E-state index contributed by atoms with van der Waals surface area (Å²) in [4.78, 5) is 15.5. The number of esters is 1. The molecule has 6 heteroatoms. The van der Waals surface area contributed by atoms with Gasteiger partial charge in [-0.1, -0.05) is 25.1 Å². The summed E-state index contributed by atoms with van der Waals surface area (Å²) in [6.45, 7) is 2.48. The van der Waals surface area contributed by atoms with Crippen LogP contribution in [0.25, 0.3) is 0 Å². The van der Waals surface area contributed by atoms with Crippen molar-refractivity contribution in [3.63, 3.8) is 0 Å². The number of unbranched alkanes of at least 4 members (excludes halogenated alkanes) is 1. The lowest BCUT2D eigenvalue weighted by atomic mass is 10.4. The smallest absolute Gasteiger partial charge is 0.316 e. The van der Waals surface area contributed by atoms with Crippen LogP contribution in [0.2, 0.25) is 0 Å². The number of carbonyl (C=O) groups is 1. The van der Waals surface area contributed by atoms with Crippen LogP contribution in [-0.4, -0.2) is 33.0 Å². The number of hydrogen-bond acceptors (Lipinski definition) is 5. The van der Waals surface area contributed by atoms with Crippen LogP contribution in [-0.2, 0) is 23.2 Å². The molecule has 0 fully saturated rings. The third kappa shape index (κ3) is 4.40. The maximum atomic E-state index is 11.3. The van der Waals surface area contributed by atoms with Crippen LogP contribution in [0.4, 0.5) is 0 Å². The first kappa shape index (κ1) is 14.1. The van der Waals surface area contributed by atoms with E-state index in [4.69, 9.17) is 9.84 Å². The van der Waals surface area contributed by atoms with Gasteiger partial charge in [0.15, 0.2) is 5.16 Å². The second kappa shape index (κ2) is 7.34. The number of carbonyl (C=O) groups excluding carboxylic acids is 1. The standard InChI is InChI=1S/C11H18N2O3S/c1-3-4-5-16-10(15)8-17-11-12-6-9(7-14)13(11)2/h6,14H,3-5,7-8H2,1-2H3. The van der Waals surface area contributed by atoms with E-state index in [0.717, 1.165) is 18.5 Å². The zero-order valence-electron chi connectivity index (χ0n) is 10.2. The van der Waals surface area contributed by atoms with Crippen LogP contribution < -0.4 is 0 Å². The molecule has 0 saturated carbocycles. The summed E-state index contributed by atoms with van der Waals surface area (Å²) >= 11 is 1.32. The minimum Gasteiger partial charge on any atom is -0.465 e. The Morgan fingerprint density at radius 3 is 3.00 bits per heavy atom. The molecule has 96 valence electrons. The van der Waals surface area contributed by atoms with Gasteiger partial charge in [0.25, 0.3) is 0 Å². The first-order valence-electron chi connectivity index (χ1n) is 5.59. The third-order valence-corrected chi connectivity index (χ3v) is 3.30. The number of rotatable bonds is 7. The number of ether oxygens (including phenoxy) is 1. The monoisotopic (exact) mass is 258 g/mol. The van der Waals surface area contributed by atoms with E-state index in [1.165, 1.54) is 11.8 Å². The second-order valence-corrected chi connectivity index (χ2v) is 4.55. The van der Waals surface area contributed by atoms with Crippen molar-refractivity contribution in [1.29, 1.82) is 0 Å². The van der Waals surface area contributed by atoms with Crippen LogP contribution in [0.5, 0.6) is 0 Å². The Labute approximate surface area is 105 Å². The Morgan fingerprint density at radius 2 is 2.41 bits per heavy atom. The first-order valence-corrected chi connectivity index (χ1v) is 6.57. The van der Waals surface area contributed by atoms with E-state index in [-0.39, 0.29) is 18.3 Å². The van der Waals surface area contributed by atoms with E-state index >= 15 is 0 Å². The predicted molar refractivity (Wildman–Crippen MR) is 65.7 cm³/mol. The number of imidazole rings is 1. The van der Waals surface area contributed by atoms with E-state index in [0.29, 0.717) is 11.8 Å². The number of nitrogens with zero attached hydrogens (tertiary/aromatic N) is 2. The molecule has 5 nitrogen and oxygen atoms in total. The highest BCUT2D eigenvalue weighted by molar-refractivity contribution is 7.99. The molecule has 0 aliphatic rings. The molecule has 0 aliphatic heterocycles. The molecule has 0 amide bonds. The Kier molecular flexibility index (Phi) is 6.07. The molecule has 0 bridgehead atoms. The molecule has 0 radical (unpaired) electrons.